The first-order valence-corrected chi connectivity index (χ1v) is 10.7. The van der Waals surface area contributed by atoms with Gasteiger partial charge in [0.05, 0.1) is 5.56 Å². The Morgan fingerprint density at radius 2 is 2.24 bits per heavy atom. The van der Waals surface area contributed by atoms with E-state index in [4.69, 9.17) is 10.6 Å². The van der Waals surface area contributed by atoms with Gasteiger partial charge in [0.15, 0.2) is 0 Å². The number of rotatable bonds is 6. The quantitative estimate of drug-likeness (QED) is 0.281. The van der Waals surface area contributed by atoms with Crippen molar-refractivity contribution in [3.8, 4) is 0 Å². The van der Waals surface area contributed by atoms with Crippen LogP contribution in [0.3, 0.4) is 0 Å². The Balaban J connectivity index is 2.15. The minimum Gasteiger partial charge on any atom is -0.361 e. The predicted molar refractivity (Wildman–Crippen MR) is 85.5 cm³/mol. The van der Waals surface area contributed by atoms with Crippen molar-refractivity contribution in [3.63, 3.8) is 0 Å². The summed E-state index contributed by atoms with van der Waals surface area (Å²) in [6, 6.07) is 4.76. The van der Waals surface area contributed by atoms with Gasteiger partial charge in [-0.15, -0.1) is 0 Å². The first kappa shape index (κ1) is 15.7. The third kappa shape index (κ3) is 3.90. The van der Waals surface area contributed by atoms with Crippen LogP contribution in [0.25, 0.3) is 11.0 Å². The number of carbonyl (C=O) groups is 1. The molecule has 0 saturated carbocycles. The van der Waals surface area contributed by atoms with Crippen LogP contribution in [0.5, 0.6) is 0 Å². The molecule has 2 aromatic heterocycles. The molecule has 0 aliphatic rings. The third-order valence-corrected chi connectivity index (χ3v) is 4.94. The van der Waals surface area contributed by atoms with Crippen LogP contribution in [0.1, 0.15) is 10.4 Å². The molecule has 0 unspecified atom stereocenters. The van der Waals surface area contributed by atoms with Crippen molar-refractivity contribution in [1.29, 1.82) is 0 Å². The minimum atomic E-state index is -1.10. The molecule has 0 spiro atoms. The molecule has 2 rings (SSSR count). The number of nitrogens with two attached hydrogens (primary N) is 1. The highest BCUT2D eigenvalue weighted by atomic mass is 28.3. The first-order valence-electron chi connectivity index (χ1n) is 6.95. The number of nitrogen functional groups attached to an aromatic ring is 1. The highest BCUT2D eigenvalue weighted by molar-refractivity contribution is 6.76. The molecule has 0 aliphatic carbocycles. The normalized spacial score (nSPS) is 11.8. The molecule has 0 fully saturated rings. The summed E-state index contributed by atoms with van der Waals surface area (Å²) in [6.45, 7) is 8.04. The number of hydrazine groups is 1. The number of pyridine rings is 1. The second-order valence-corrected chi connectivity index (χ2v) is 11.8. The molecule has 114 valence electrons. The average molecular weight is 306 g/mol. The summed E-state index contributed by atoms with van der Waals surface area (Å²) < 4.78 is 7.56. The summed E-state index contributed by atoms with van der Waals surface area (Å²) in [5.41, 5.74) is 3.39. The largest absolute Gasteiger partial charge is 0.361 e. The number of hydrogen-bond donors (Lipinski definition) is 2. The van der Waals surface area contributed by atoms with Gasteiger partial charge in [0.2, 0.25) is 0 Å². The maximum atomic E-state index is 11.8. The van der Waals surface area contributed by atoms with Gasteiger partial charge in [-0.2, -0.15) is 0 Å². The lowest BCUT2D eigenvalue weighted by Crippen LogP contribution is -2.29. The summed E-state index contributed by atoms with van der Waals surface area (Å²) in [7, 11) is -1.10. The minimum absolute atomic E-state index is 0.325. The molecule has 0 bridgehead atoms. The van der Waals surface area contributed by atoms with E-state index in [1.807, 2.05) is 10.6 Å². The number of fused-ring (bicyclic) bond motifs is 1. The van der Waals surface area contributed by atoms with Crippen molar-refractivity contribution < 1.29 is 9.53 Å². The molecule has 2 heterocycles. The summed E-state index contributed by atoms with van der Waals surface area (Å²) >= 11 is 0. The van der Waals surface area contributed by atoms with Crippen molar-refractivity contribution >= 4 is 25.0 Å². The molecule has 6 nitrogen and oxygen atoms in total. The Morgan fingerprint density at radius 1 is 1.48 bits per heavy atom. The lowest BCUT2D eigenvalue weighted by atomic mass is 10.2. The molecule has 0 saturated heterocycles. The van der Waals surface area contributed by atoms with Gasteiger partial charge in [-0.3, -0.25) is 10.2 Å². The van der Waals surface area contributed by atoms with Crippen LogP contribution in [0.15, 0.2) is 24.5 Å². The molecule has 0 aliphatic heterocycles. The van der Waals surface area contributed by atoms with E-state index in [1.54, 1.807) is 18.5 Å². The summed E-state index contributed by atoms with van der Waals surface area (Å²) in [5, 5.41) is 0.772. The molecule has 0 aromatic carbocycles. The summed E-state index contributed by atoms with van der Waals surface area (Å²) in [6.07, 6.45) is 3.43. The van der Waals surface area contributed by atoms with Crippen LogP contribution in [0.2, 0.25) is 25.7 Å². The number of hydrogen-bond acceptors (Lipinski definition) is 4. The number of amides is 1. The number of nitrogens with zero attached hydrogens (tertiary/aromatic N) is 2. The van der Waals surface area contributed by atoms with Gasteiger partial charge in [0.25, 0.3) is 5.91 Å². The van der Waals surface area contributed by atoms with E-state index in [0.29, 0.717) is 12.3 Å². The Hall–Kier alpha value is -1.70. The summed E-state index contributed by atoms with van der Waals surface area (Å²) in [5.74, 6) is 4.89. The lowest BCUT2D eigenvalue weighted by molar-refractivity contribution is 0.0892. The molecular weight excluding hydrogens is 284 g/mol. The molecule has 7 heteroatoms. The summed E-state index contributed by atoms with van der Waals surface area (Å²) in [4.78, 5) is 16.1. The molecule has 1 amide bonds. The average Bonchev–Trinajstić information content (AvgIpc) is 2.81. The van der Waals surface area contributed by atoms with Crippen molar-refractivity contribution in [2.75, 3.05) is 6.61 Å². The predicted octanol–water partition coefficient (Wildman–Crippen LogP) is 1.95. The SMILES string of the molecule is C[Si](C)(C)CCOCn1cc(C(=O)NN)c2cccnc21. The van der Waals surface area contributed by atoms with Gasteiger partial charge in [-0.05, 0) is 18.2 Å². The molecule has 0 atom stereocenters. The fraction of sp³-hybridized carbons (Fsp3) is 0.429. The second kappa shape index (κ2) is 6.38. The zero-order valence-electron chi connectivity index (χ0n) is 12.7. The van der Waals surface area contributed by atoms with Crippen molar-refractivity contribution in [3.05, 3.63) is 30.1 Å². The van der Waals surface area contributed by atoms with Crippen LogP contribution < -0.4 is 11.3 Å². The van der Waals surface area contributed by atoms with Gasteiger partial charge in [0.1, 0.15) is 12.4 Å². The van der Waals surface area contributed by atoms with E-state index in [1.165, 1.54) is 0 Å². The van der Waals surface area contributed by atoms with Crippen LogP contribution in [-0.2, 0) is 11.5 Å². The third-order valence-electron chi connectivity index (χ3n) is 3.24. The van der Waals surface area contributed by atoms with Crippen LogP contribution in [0.4, 0.5) is 0 Å². The fourth-order valence-corrected chi connectivity index (χ4v) is 2.78. The van der Waals surface area contributed by atoms with Crippen molar-refractivity contribution in [2.24, 2.45) is 5.84 Å². The Kier molecular flexibility index (Phi) is 4.76. The fourth-order valence-electron chi connectivity index (χ4n) is 2.02. The van der Waals surface area contributed by atoms with Crippen LogP contribution in [0, 0.1) is 0 Å². The number of ether oxygens (including phenoxy) is 1. The van der Waals surface area contributed by atoms with E-state index in [2.05, 4.69) is 30.1 Å². The lowest BCUT2D eigenvalue weighted by Gasteiger charge is -2.15. The molecular formula is C14H22N4O2Si. The topological polar surface area (TPSA) is 82.2 Å². The monoisotopic (exact) mass is 306 g/mol. The van der Waals surface area contributed by atoms with Crippen LogP contribution in [-0.4, -0.2) is 30.1 Å². The van der Waals surface area contributed by atoms with Gasteiger partial charge in [-0.1, -0.05) is 19.6 Å². The number of nitrogens with one attached hydrogen (secondary N) is 1. The highest BCUT2D eigenvalue weighted by Gasteiger charge is 2.15. The zero-order chi connectivity index (χ0) is 15.5. The molecule has 3 N–H and O–H groups in total. The highest BCUT2D eigenvalue weighted by Crippen LogP contribution is 2.19. The maximum absolute atomic E-state index is 11.8. The van der Waals surface area contributed by atoms with E-state index in [0.717, 1.165) is 23.7 Å². The van der Waals surface area contributed by atoms with Crippen molar-refractivity contribution in [1.82, 2.24) is 15.0 Å². The van der Waals surface area contributed by atoms with Crippen molar-refractivity contribution in [2.45, 2.75) is 32.4 Å². The van der Waals surface area contributed by atoms with Gasteiger partial charge >= 0.3 is 0 Å². The van der Waals surface area contributed by atoms with E-state index >= 15 is 0 Å². The van der Waals surface area contributed by atoms with E-state index < -0.39 is 8.07 Å². The second-order valence-electron chi connectivity index (χ2n) is 6.21. The Morgan fingerprint density at radius 3 is 2.90 bits per heavy atom. The van der Waals surface area contributed by atoms with Gasteiger partial charge < -0.3 is 9.30 Å². The van der Waals surface area contributed by atoms with Gasteiger partial charge in [0, 0.05) is 32.5 Å². The standard InChI is InChI=1S/C14H22N4O2Si/c1-21(2,3)8-7-20-10-18-9-12(14(19)17-15)11-5-4-6-16-13(11)18/h4-6,9H,7-8,10,15H2,1-3H3,(H,17,19). The molecule has 2 aromatic rings. The molecule has 21 heavy (non-hydrogen) atoms. The Labute approximate surface area is 125 Å². The first-order chi connectivity index (χ1) is 9.92. The van der Waals surface area contributed by atoms with Crippen LogP contribution >= 0.6 is 0 Å². The number of aromatic nitrogens is 2. The van der Waals surface area contributed by atoms with Gasteiger partial charge in [-0.25, -0.2) is 10.8 Å². The molecule has 0 radical (unpaired) electrons. The zero-order valence-corrected chi connectivity index (χ0v) is 13.7. The maximum Gasteiger partial charge on any atom is 0.267 e. The smallest absolute Gasteiger partial charge is 0.267 e. The van der Waals surface area contributed by atoms with E-state index in [-0.39, 0.29) is 5.91 Å². The Bertz CT molecular complexity index is 633. The number of carbonyl (C=O) groups excluding carboxylic acids is 1. The van der Waals surface area contributed by atoms with E-state index in [9.17, 15) is 4.79 Å².